The maximum atomic E-state index is 11.1. The summed E-state index contributed by atoms with van der Waals surface area (Å²) in [5.74, 6) is 0.00265. The molecule has 1 heterocycles. The molecule has 0 aliphatic carbocycles. The Labute approximate surface area is 87.4 Å². The molecule has 0 saturated heterocycles. The Hall–Kier alpha value is -2.10. The van der Waals surface area contributed by atoms with Gasteiger partial charge in [0.1, 0.15) is 0 Å². The molecular weight excluding hydrogens is 190 g/mol. The van der Waals surface area contributed by atoms with Gasteiger partial charge in [0.25, 0.3) is 0 Å². The van der Waals surface area contributed by atoms with Crippen molar-refractivity contribution in [2.75, 3.05) is 5.73 Å². The third-order valence-corrected chi connectivity index (χ3v) is 2.15. The van der Waals surface area contributed by atoms with Gasteiger partial charge in [0.2, 0.25) is 0 Å². The van der Waals surface area contributed by atoms with Gasteiger partial charge in [-0.3, -0.25) is 9.36 Å². The molecule has 0 saturated carbocycles. The first-order valence-corrected chi connectivity index (χ1v) is 4.50. The zero-order valence-corrected chi connectivity index (χ0v) is 8.27. The first-order chi connectivity index (χ1) is 7.18. The number of nitrogen functional groups attached to an aromatic ring is 1. The fourth-order valence-corrected chi connectivity index (χ4v) is 1.36. The number of hydrogen-bond donors (Lipinski definition) is 1. The quantitative estimate of drug-likeness (QED) is 0.589. The molecule has 2 aromatic rings. The van der Waals surface area contributed by atoms with E-state index in [1.165, 1.54) is 6.92 Å². The van der Waals surface area contributed by atoms with Crippen LogP contribution < -0.4 is 5.73 Å². The Morgan fingerprint density at radius 3 is 2.87 bits per heavy atom. The van der Waals surface area contributed by atoms with Gasteiger partial charge in [0.05, 0.1) is 11.4 Å². The van der Waals surface area contributed by atoms with E-state index in [1.54, 1.807) is 35.2 Å². The average Bonchev–Trinajstić information content (AvgIpc) is 2.70. The molecule has 0 atom stereocenters. The molecule has 4 nitrogen and oxygen atoms in total. The van der Waals surface area contributed by atoms with Crippen molar-refractivity contribution in [3.63, 3.8) is 0 Å². The number of imidazole rings is 1. The number of carbonyl (C=O) groups excluding carboxylic acids is 1. The van der Waals surface area contributed by atoms with Crippen molar-refractivity contribution in [3.8, 4) is 5.69 Å². The van der Waals surface area contributed by atoms with Gasteiger partial charge in [-0.1, -0.05) is 0 Å². The van der Waals surface area contributed by atoms with E-state index >= 15 is 0 Å². The summed E-state index contributed by atoms with van der Waals surface area (Å²) in [4.78, 5) is 14.9. The van der Waals surface area contributed by atoms with Crippen molar-refractivity contribution in [2.45, 2.75) is 6.92 Å². The van der Waals surface area contributed by atoms with Crippen LogP contribution in [0.25, 0.3) is 5.69 Å². The molecule has 15 heavy (non-hydrogen) atoms. The van der Waals surface area contributed by atoms with Crippen LogP contribution in [0.2, 0.25) is 0 Å². The van der Waals surface area contributed by atoms with Crippen LogP contribution in [0.3, 0.4) is 0 Å². The van der Waals surface area contributed by atoms with Crippen LogP contribution in [0, 0.1) is 6.33 Å². The molecule has 0 fully saturated rings. The Morgan fingerprint density at radius 1 is 1.53 bits per heavy atom. The van der Waals surface area contributed by atoms with Crippen LogP contribution in [0.4, 0.5) is 5.69 Å². The monoisotopic (exact) mass is 200 g/mol. The Balaban J connectivity index is 2.48. The lowest BCUT2D eigenvalue weighted by molar-refractivity contribution is 0.101. The minimum Gasteiger partial charge on any atom is -0.397 e. The topological polar surface area (TPSA) is 60.9 Å². The number of carbonyl (C=O) groups is 1. The number of Topliss-reactive ketones (excluding diaryl/α,β-unsaturated/α-hetero) is 1. The molecule has 0 aliphatic rings. The number of ketones is 1. The van der Waals surface area contributed by atoms with Crippen molar-refractivity contribution < 1.29 is 4.79 Å². The summed E-state index contributed by atoms with van der Waals surface area (Å²) in [6.45, 7) is 1.51. The van der Waals surface area contributed by atoms with Crippen LogP contribution in [0.1, 0.15) is 17.3 Å². The van der Waals surface area contributed by atoms with Gasteiger partial charge in [-0.05, 0) is 25.1 Å². The minimum atomic E-state index is 0.00265. The number of rotatable bonds is 2. The predicted molar refractivity (Wildman–Crippen MR) is 56.8 cm³/mol. The van der Waals surface area contributed by atoms with E-state index in [1.807, 2.05) is 0 Å². The second-order valence-corrected chi connectivity index (χ2v) is 3.23. The van der Waals surface area contributed by atoms with Crippen LogP contribution in [0.15, 0.2) is 30.6 Å². The maximum Gasteiger partial charge on any atom is 0.181 e. The highest BCUT2D eigenvalue weighted by molar-refractivity contribution is 5.95. The molecule has 4 heteroatoms. The molecule has 75 valence electrons. The van der Waals surface area contributed by atoms with E-state index < -0.39 is 0 Å². The largest absolute Gasteiger partial charge is 0.397 e. The second-order valence-electron chi connectivity index (χ2n) is 3.23. The van der Waals surface area contributed by atoms with Gasteiger partial charge in [0, 0.05) is 18.0 Å². The maximum absolute atomic E-state index is 11.1. The van der Waals surface area contributed by atoms with Crippen molar-refractivity contribution in [1.29, 1.82) is 0 Å². The van der Waals surface area contributed by atoms with Crippen molar-refractivity contribution in [2.24, 2.45) is 0 Å². The molecule has 0 unspecified atom stereocenters. The summed E-state index contributed by atoms with van der Waals surface area (Å²) in [5, 5.41) is 0. The van der Waals surface area contributed by atoms with Gasteiger partial charge >= 0.3 is 0 Å². The van der Waals surface area contributed by atoms with Crippen molar-refractivity contribution >= 4 is 11.5 Å². The van der Waals surface area contributed by atoms with Gasteiger partial charge in [-0.2, -0.15) is 0 Å². The van der Waals surface area contributed by atoms with Crippen molar-refractivity contribution in [3.05, 3.63) is 42.5 Å². The van der Waals surface area contributed by atoms with E-state index in [-0.39, 0.29) is 5.78 Å². The average molecular weight is 200 g/mol. The van der Waals surface area contributed by atoms with Crippen LogP contribution in [0.5, 0.6) is 0 Å². The predicted octanol–water partition coefficient (Wildman–Crippen LogP) is 1.46. The summed E-state index contributed by atoms with van der Waals surface area (Å²) >= 11 is 0. The molecule has 1 radical (unpaired) electrons. The first kappa shape index (κ1) is 9.45. The summed E-state index contributed by atoms with van der Waals surface area (Å²) in [6, 6.07) is 5.18. The van der Waals surface area contributed by atoms with E-state index in [2.05, 4.69) is 11.3 Å². The number of benzene rings is 1. The highest BCUT2D eigenvalue weighted by Gasteiger charge is 2.05. The Kier molecular flexibility index (Phi) is 2.25. The summed E-state index contributed by atoms with van der Waals surface area (Å²) in [5.41, 5.74) is 7.75. The third-order valence-electron chi connectivity index (χ3n) is 2.15. The molecule has 0 amide bonds. The van der Waals surface area contributed by atoms with E-state index in [0.717, 1.165) is 5.69 Å². The lowest BCUT2D eigenvalue weighted by Crippen LogP contribution is -2.01. The Morgan fingerprint density at radius 2 is 2.33 bits per heavy atom. The minimum absolute atomic E-state index is 0.00265. The normalized spacial score (nSPS) is 10.2. The molecule has 0 spiro atoms. The fourth-order valence-electron chi connectivity index (χ4n) is 1.36. The number of nitrogens with zero attached hydrogens (tertiary/aromatic N) is 2. The van der Waals surface area contributed by atoms with Crippen molar-refractivity contribution in [1.82, 2.24) is 9.55 Å². The zero-order valence-electron chi connectivity index (χ0n) is 8.27. The highest BCUT2D eigenvalue weighted by atomic mass is 16.1. The number of anilines is 1. The SMILES string of the molecule is CC(=O)c1ccc(-n2[c]ncc2)c(N)c1. The van der Waals surface area contributed by atoms with Crippen LogP contribution in [-0.2, 0) is 0 Å². The molecule has 2 rings (SSSR count). The van der Waals surface area contributed by atoms with Gasteiger partial charge < -0.3 is 5.73 Å². The number of aromatic nitrogens is 2. The Bertz CT molecular complexity index is 489. The lowest BCUT2D eigenvalue weighted by Gasteiger charge is -2.06. The molecule has 0 bridgehead atoms. The number of hydrogen-bond acceptors (Lipinski definition) is 3. The smallest absolute Gasteiger partial charge is 0.181 e. The summed E-state index contributed by atoms with van der Waals surface area (Å²) in [6.07, 6.45) is 6.12. The first-order valence-electron chi connectivity index (χ1n) is 4.50. The lowest BCUT2D eigenvalue weighted by atomic mass is 10.1. The third kappa shape index (κ3) is 1.74. The van der Waals surface area contributed by atoms with Gasteiger partial charge in [0.15, 0.2) is 12.1 Å². The molecule has 1 aromatic carbocycles. The highest BCUT2D eigenvalue weighted by Crippen LogP contribution is 2.18. The number of nitrogens with two attached hydrogens (primary N) is 1. The molecule has 1 aromatic heterocycles. The zero-order chi connectivity index (χ0) is 10.8. The molecular formula is C11H10N3O. The summed E-state index contributed by atoms with van der Waals surface area (Å²) < 4.78 is 1.68. The van der Waals surface area contributed by atoms with E-state index in [0.29, 0.717) is 11.3 Å². The van der Waals surface area contributed by atoms with Crippen LogP contribution in [-0.4, -0.2) is 15.3 Å². The van der Waals surface area contributed by atoms with Gasteiger partial charge in [-0.15, -0.1) is 0 Å². The molecule has 2 N–H and O–H groups in total. The fraction of sp³-hybridized carbons (Fsp3) is 0.0909. The van der Waals surface area contributed by atoms with Crippen LogP contribution >= 0.6 is 0 Å². The molecule has 0 aliphatic heterocycles. The summed E-state index contributed by atoms with van der Waals surface area (Å²) in [7, 11) is 0. The standard InChI is InChI=1S/C11H10N3O/c1-8(15)9-2-3-11(10(12)6-9)14-5-4-13-7-14/h2-6H,12H2,1H3. The van der Waals surface area contributed by atoms with E-state index in [4.69, 9.17) is 5.73 Å². The second kappa shape index (κ2) is 3.57. The van der Waals surface area contributed by atoms with Gasteiger partial charge in [-0.25, -0.2) is 4.98 Å². The van der Waals surface area contributed by atoms with E-state index in [9.17, 15) is 4.79 Å².